The number of alkyl halides is 3. The molecule has 3 unspecified atom stereocenters. The molecule has 0 radical (unpaired) electrons. The Morgan fingerprint density at radius 1 is 1.09 bits per heavy atom. The van der Waals surface area contributed by atoms with Crippen molar-refractivity contribution < 1.29 is 22.7 Å². The van der Waals surface area contributed by atoms with E-state index in [1.807, 2.05) is 13.0 Å². The number of rotatable bonds is 4. The first kappa shape index (κ1) is 20.4. The van der Waals surface area contributed by atoms with E-state index in [-0.39, 0.29) is 35.9 Å². The Balaban J connectivity index is 1.38. The molecule has 3 heterocycles. The number of halogens is 3. The zero-order chi connectivity index (χ0) is 22.5. The molecule has 1 saturated heterocycles. The molecule has 0 N–H and O–H groups in total. The maximum atomic E-state index is 13.6. The van der Waals surface area contributed by atoms with Crippen molar-refractivity contribution >= 4 is 5.91 Å². The molecule has 2 aliphatic rings. The number of hydrogen-bond donors (Lipinski definition) is 0. The second-order valence-corrected chi connectivity index (χ2v) is 7.98. The zero-order valence-corrected chi connectivity index (χ0v) is 17.0. The maximum absolute atomic E-state index is 13.6. The van der Waals surface area contributed by atoms with Crippen LogP contribution in [0.5, 0.6) is 5.88 Å². The monoisotopic (exact) mass is 444 g/mol. The maximum Gasteiger partial charge on any atom is 0.434 e. The number of aromatic nitrogens is 5. The lowest BCUT2D eigenvalue weighted by Gasteiger charge is -2.37. The number of benzene rings is 1. The Kier molecular flexibility index (Phi) is 4.83. The van der Waals surface area contributed by atoms with Gasteiger partial charge < -0.3 is 9.64 Å². The van der Waals surface area contributed by atoms with Crippen molar-refractivity contribution in [2.75, 3.05) is 0 Å². The average molecular weight is 444 g/mol. The van der Waals surface area contributed by atoms with Crippen molar-refractivity contribution in [1.82, 2.24) is 29.9 Å². The lowest BCUT2D eigenvalue weighted by atomic mass is 9.98. The minimum atomic E-state index is -4.56. The summed E-state index contributed by atoms with van der Waals surface area (Å²) in [5, 5.41) is 8.27. The molecular weight excluding hydrogens is 425 g/mol. The van der Waals surface area contributed by atoms with Crippen molar-refractivity contribution in [3.05, 3.63) is 60.3 Å². The first-order chi connectivity index (χ1) is 15.3. The summed E-state index contributed by atoms with van der Waals surface area (Å²) in [6.07, 6.45) is 1.22. The Bertz CT molecular complexity index is 1120. The van der Waals surface area contributed by atoms with Crippen LogP contribution in [0.1, 0.15) is 35.8 Å². The van der Waals surface area contributed by atoms with E-state index in [0.717, 1.165) is 12.6 Å². The van der Waals surface area contributed by atoms with Crippen LogP contribution in [-0.2, 0) is 6.18 Å². The van der Waals surface area contributed by atoms with Gasteiger partial charge in [0.2, 0.25) is 5.88 Å². The standard InChI is InChI=1S/C21H19F3N6O2/c1-12-13-8-16(17(9-13)32-19-11-25-18(10-26-19)21(22,23)24)29(12)20(31)14-4-2-3-5-15(14)30-27-6-7-28-30/h2-7,10-13,16-17H,8-9H2,1H3/t12?,13?,16?,17-/m0/s1. The number of ether oxygens (including phenoxy) is 1. The number of fused-ring (bicyclic) bond motifs is 2. The van der Waals surface area contributed by atoms with Gasteiger partial charge >= 0.3 is 6.18 Å². The lowest BCUT2D eigenvalue weighted by Crippen LogP contribution is -2.51. The molecule has 4 atom stereocenters. The molecule has 2 fully saturated rings. The van der Waals surface area contributed by atoms with Gasteiger partial charge in [0, 0.05) is 6.04 Å². The van der Waals surface area contributed by atoms with Crippen LogP contribution >= 0.6 is 0 Å². The summed E-state index contributed by atoms with van der Waals surface area (Å²) < 4.78 is 44.1. The smallest absolute Gasteiger partial charge is 0.434 e. The van der Waals surface area contributed by atoms with Gasteiger partial charge in [0.15, 0.2) is 5.69 Å². The van der Waals surface area contributed by atoms with Gasteiger partial charge in [-0.05, 0) is 37.8 Å². The largest absolute Gasteiger partial charge is 0.471 e. The third kappa shape index (κ3) is 3.47. The molecule has 5 rings (SSSR count). The van der Waals surface area contributed by atoms with Crippen LogP contribution in [-0.4, -0.2) is 54.0 Å². The van der Waals surface area contributed by atoms with Crippen LogP contribution in [0, 0.1) is 5.92 Å². The van der Waals surface area contributed by atoms with Gasteiger partial charge in [-0.1, -0.05) is 12.1 Å². The molecule has 166 valence electrons. The molecular formula is C21H19F3N6O2. The van der Waals surface area contributed by atoms with Crippen LogP contribution < -0.4 is 4.74 Å². The number of likely N-dealkylation sites (tertiary alicyclic amines) is 1. The molecule has 1 amide bonds. The fraction of sp³-hybridized carbons (Fsp3) is 0.381. The molecule has 0 spiro atoms. The fourth-order valence-corrected chi connectivity index (χ4v) is 4.68. The van der Waals surface area contributed by atoms with Crippen molar-refractivity contribution in [3.63, 3.8) is 0 Å². The number of para-hydroxylation sites is 1. The summed E-state index contributed by atoms with van der Waals surface area (Å²) in [6, 6.07) is 6.89. The highest BCUT2D eigenvalue weighted by atomic mass is 19.4. The molecule has 1 aromatic carbocycles. The van der Waals surface area contributed by atoms with Gasteiger partial charge in [0.1, 0.15) is 6.10 Å². The molecule has 2 bridgehead atoms. The van der Waals surface area contributed by atoms with Crippen LogP contribution in [0.4, 0.5) is 13.2 Å². The molecule has 3 aromatic rings. The van der Waals surface area contributed by atoms with Crippen LogP contribution in [0.25, 0.3) is 5.69 Å². The Hall–Kier alpha value is -3.50. The molecule has 2 aromatic heterocycles. The highest BCUT2D eigenvalue weighted by molar-refractivity contribution is 5.98. The van der Waals surface area contributed by atoms with Crippen molar-refractivity contribution in [2.24, 2.45) is 5.92 Å². The molecule has 8 nitrogen and oxygen atoms in total. The first-order valence-corrected chi connectivity index (χ1v) is 10.2. The first-order valence-electron chi connectivity index (χ1n) is 10.2. The third-order valence-corrected chi connectivity index (χ3v) is 6.18. The molecule has 1 saturated carbocycles. The van der Waals surface area contributed by atoms with Gasteiger partial charge in [-0.3, -0.25) is 4.79 Å². The summed E-state index contributed by atoms with van der Waals surface area (Å²) >= 11 is 0. The second-order valence-electron chi connectivity index (χ2n) is 7.98. The van der Waals surface area contributed by atoms with E-state index in [0.29, 0.717) is 23.9 Å². The number of amides is 1. The fourth-order valence-electron chi connectivity index (χ4n) is 4.68. The minimum absolute atomic E-state index is 0.00433. The molecule has 11 heteroatoms. The lowest BCUT2D eigenvalue weighted by molar-refractivity contribution is -0.141. The molecule has 1 aliphatic heterocycles. The summed E-state index contributed by atoms with van der Waals surface area (Å²) in [5.41, 5.74) is -0.0354. The van der Waals surface area contributed by atoms with E-state index in [4.69, 9.17) is 4.74 Å². The number of carbonyl (C=O) groups excluding carboxylic acids is 1. The summed E-state index contributed by atoms with van der Waals surface area (Å²) in [7, 11) is 0. The second kappa shape index (κ2) is 7.57. The highest BCUT2D eigenvalue weighted by Gasteiger charge is 2.53. The van der Waals surface area contributed by atoms with Gasteiger partial charge in [0.05, 0.1) is 42.1 Å². The van der Waals surface area contributed by atoms with Crippen LogP contribution in [0.2, 0.25) is 0 Å². The quantitative estimate of drug-likeness (QED) is 0.615. The number of nitrogens with zero attached hydrogens (tertiary/aromatic N) is 6. The predicted molar refractivity (Wildman–Crippen MR) is 105 cm³/mol. The van der Waals surface area contributed by atoms with E-state index < -0.39 is 11.9 Å². The Morgan fingerprint density at radius 3 is 2.50 bits per heavy atom. The SMILES string of the molecule is CC1C2CC([C@@H](Oc3cnc(C(F)(F)F)cn3)C2)N1C(=O)c1ccccc1-n1nccn1. The average Bonchev–Trinajstić information content (AvgIpc) is 3.50. The van der Waals surface area contributed by atoms with E-state index in [9.17, 15) is 18.0 Å². The van der Waals surface area contributed by atoms with Crippen LogP contribution in [0.3, 0.4) is 0 Å². The highest BCUT2D eigenvalue weighted by Crippen LogP contribution is 2.44. The Labute approximate surface area is 181 Å². The van der Waals surface area contributed by atoms with Gasteiger partial charge in [0.25, 0.3) is 5.91 Å². The predicted octanol–water partition coefficient (Wildman–Crippen LogP) is 3.15. The number of piperidine rings is 1. The number of carbonyl (C=O) groups is 1. The normalized spacial score (nSPS) is 24.7. The third-order valence-electron chi connectivity index (χ3n) is 6.18. The summed E-state index contributed by atoms with van der Waals surface area (Å²) in [5.74, 6) is 0.0767. The molecule has 32 heavy (non-hydrogen) atoms. The topological polar surface area (TPSA) is 86.0 Å². The number of hydrogen-bond acceptors (Lipinski definition) is 6. The van der Waals surface area contributed by atoms with E-state index >= 15 is 0 Å². The van der Waals surface area contributed by atoms with Gasteiger partial charge in [-0.2, -0.15) is 28.2 Å². The van der Waals surface area contributed by atoms with Crippen molar-refractivity contribution in [2.45, 2.75) is 44.1 Å². The van der Waals surface area contributed by atoms with Gasteiger partial charge in [-0.15, -0.1) is 0 Å². The van der Waals surface area contributed by atoms with Crippen LogP contribution in [0.15, 0.2) is 49.1 Å². The molecule has 1 aliphatic carbocycles. The van der Waals surface area contributed by atoms with E-state index in [2.05, 4.69) is 20.2 Å². The van der Waals surface area contributed by atoms with Gasteiger partial charge in [-0.25, -0.2) is 9.97 Å². The Morgan fingerprint density at radius 2 is 1.84 bits per heavy atom. The van der Waals surface area contributed by atoms with Crippen molar-refractivity contribution in [1.29, 1.82) is 0 Å². The summed E-state index contributed by atoms with van der Waals surface area (Å²) in [4.78, 5) is 23.9. The van der Waals surface area contributed by atoms with E-state index in [1.165, 1.54) is 17.2 Å². The minimum Gasteiger partial charge on any atom is -0.471 e. The van der Waals surface area contributed by atoms with Crippen molar-refractivity contribution in [3.8, 4) is 11.6 Å². The zero-order valence-electron chi connectivity index (χ0n) is 17.0. The summed E-state index contributed by atoms with van der Waals surface area (Å²) in [6.45, 7) is 2.01. The van der Waals surface area contributed by atoms with E-state index in [1.54, 1.807) is 23.1 Å².